The van der Waals surface area contributed by atoms with E-state index in [9.17, 15) is 0 Å². The molecular weight excluding hydrogens is 472 g/mol. The fourth-order valence-electron chi connectivity index (χ4n) is 1.83. The van der Waals surface area contributed by atoms with Crippen molar-refractivity contribution in [3.8, 4) is 5.75 Å². The van der Waals surface area contributed by atoms with Crippen LogP contribution in [0.1, 0.15) is 16.5 Å². The van der Waals surface area contributed by atoms with Crippen molar-refractivity contribution in [2.75, 3.05) is 7.11 Å². The summed E-state index contributed by atoms with van der Waals surface area (Å²) in [4.78, 5) is 1.17. The Morgan fingerprint density at radius 1 is 1.25 bits per heavy atom. The Kier molecular flexibility index (Phi) is 6.07. The number of methoxy groups -OCH3 is 1. The second-order valence-corrected chi connectivity index (χ2v) is 8.26. The van der Waals surface area contributed by atoms with Crippen LogP contribution in [0.3, 0.4) is 0 Å². The fourth-order valence-corrected chi connectivity index (χ4v) is 4.39. The number of nitrogens with two attached hydrogens (primary N) is 1. The molecule has 108 valence electrons. The van der Waals surface area contributed by atoms with Crippen LogP contribution in [0.4, 0.5) is 0 Å². The first-order valence-corrected chi connectivity index (χ1v) is 8.98. The third-order valence-corrected chi connectivity index (χ3v) is 7.03. The lowest BCUT2D eigenvalue weighted by Crippen LogP contribution is -2.29. The third kappa shape index (κ3) is 3.84. The maximum Gasteiger partial charge on any atom is 0.119 e. The van der Waals surface area contributed by atoms with Gasteiger partial charge in [0.05, 0.1) is 16.9 Å². The maximum absolute atomic E-state index is 5.71. The second-order valence-electron chi connectivity index (χ2n) is 4.15. The van der Waals surface area contributed by atoms with Gasteiger partial charge < -0.3 is 4.74 Å². The number of hydrazine groups is 1. The SMILES string of the molecule is COc1ccc(Br)c(CC(NN)c2cc(Br)c(Br)s2)c1. The van der Waals surface area contributed by atoms with Gasteiger partial charge in [-0.1, -0.05) is 15.9 Å². The standard InChI is InChI=1S/C13H13Br3N2OS/c1-19-8-2-3-9(14)7(4-8)5-11(18-17)12-6-10(15)13(16)20-12/h2-4,6,11,18H,5,17H2,1H3. The predicted molar refractivity (Wildman–Crippen MR) is 94.2 cm³/mol. The molecule has 0 aliphatic carbocycles. The maximum atomic E-state index is 5.71. The zero-order chi connectivity index (χ0) is 14.7. The molecule has 3 N–H and O–H groups in total. The Hall–Kier alpha value is 0.0800. The number of thiophene rings is 1. The topological polar surface area (TPSA) is 47.3 Å². The van der Waals surface area contributed by atoms with Crippen molar-refractivity contribution in [3.63, 3.8) is 0 Å². The molecule has 0 saturated carbocycles. The van der Waals surface area contributed by atoms with Crippen molar-refractivity contribution >= 4 is 59.1 Å². The molecule has 0 aliphatic rings. The van der Waals surface area contributed by atoms with E-state index in [4.69, 9.17) is 10.6 Å². The molecule has 0 saturated heterocycles. The summed E-state index contributed by atoms with van der Waals surface area (Å²) in [7, 11) is 1.67. The first-order chi connectivity index (χ1) is 9.55. The monoisotopic (exact) mass is 482 g/mol. The van der Waals surface area contributed by atoms with Gasteiger partial charge in [-0.05, 0) is 68.1 Å². The largest absolute Gasteiger partial charge is 0.497 e. The first kappa shape index (κ1) is 16.5. The molecule has 1 unspecified atom stereocenters. The summed E-state index contributed by atoms with van der Waals surface area (Å²) in [6, 6.07) is 8.06. The summed E-state index contributed by atoms with van der Waals surface area (Å²) in [6.07, 6.45) is 0.772. The summed E-state index contributed by atoms with van der Waals surface area (Å²) in [5.41, 5.74) is 4.03. The van der Waals surface area contributed by atoms with E-state index in [1.54, 1.807) is 18.4 Å². The van der Waals surface area contributed by atoms with Crippen LogP contribution in [0.25, 0.3) is 0 Å². The number of benzene rings is 1. The Balaban J connectivity index is 2.26. The highest BCUT2D eigenvalue weighted by molar-refractivity contribution is 9.13. The van der Waals surface area contributed by atoms with Crippen molar-refractivity contribution < 1.29 is 4.74 Å². The van der Waals surface area contributed by atoms with E-state index in [2.05, 4.69) is 59.3 Å². The van der Waals surface area contributed by atoms with Crippen LogP contribution >= 0.6 is 59.1 Å². The van der Waals surface area contributed by atoms with Crippen LogP contribution in [0.2, 0.25) is 0 Å². The van der Waals surface area contributed by atoms with Crippen LogP contribution in [0, 0.1) is 0 Å². The van der Waals surface area contributed by atoms with E-state index >= 15 is 0 Å². The number of rotatable bonds is 5. The molecule has 1 heterocycles. The number of nitrogens with one attached hydrogen (secondary N) is 1. The average molecular weight is 485 g/mol. The van der Waals surface area contributed by atoms with E-state index in [-0.39, 0.29) is 6.04 Å². The van der Waals surface area contributed by atoms with Crippen molar-refractivity contribution in [1.82, 2.24) is 5.43 Å². The molecule has 1 aromatic heterocycles. The quantitative estimate of drug-likeness (QED) is 0.474. The molecule has 3 nitrogen and oxygen atoms in total. The van der Waals surface area contributed by atoms with Crippen LogP contribution in [-0.4, -0.2) is 7.11 Å². The van der Waals surface area contributed by atoms with Gasteiger partial charge in [-0.3, -0.25) is 11.3 Å². The number of ether oxygens (including phenoxy) is 1. The van der Waals surface area contributed by atoms with Crippen molar-refractivity contribution in [2.45, 2.75) is 12.5 Å². The minimum absolute atomic E-state index is 0.0472. The Bertz CT molecular complexity index is 584. The van der Waals surface area contributed by atoms with Gasteiger partial charge in [-0.25, -0.2) is 0 Å². The molecule has 2 rings (SSSR count). The molecule has 0 radical (unpaired) electrons. The highest BCUT2D eigenvalue weighted by Crippen LogP contribution is 2.37. The van der Waals surface area contributed by atoms with Crippen LogP contribution < -0.4 is 16.0 Å². The molecule has 0 spiro atoms. The third-order valence-electron chi connectivity index (χ3n) is 2.89. The van der Waals surface area contributed by atoms with Gasteiger partial charge in [0.15, 0.2) is 0 Å². The number of hydrogen-bond donors (Lipinski definition) is 2. The number of hydrogen-bond acceptors (Lipinski definition) is 4. The second kappa shape index (κ2) is 7.38. The summed E-state index contributed by atoms with van der Waals surface area (Å²) in [6.45, 7) is 0. The molecule has 7 heteroatoms. The van der Waals surface area contributed by atoms with Gasteiger partial charge in [0.2, 0.25) is 0 Å². The van der Waals surface area contributed by atoms with Crippen molar-refractivity contribution in [3.05, 3.63) is 47.4 Å². The zero-order valence-corrected chi connectivity index (χ0v) is 16.2. The highest BCUT2D eigenvalue weighted by atomic mass is 79.9. The van der Waals surface area contributed by atoms with Crippen LogP contribution in [-0.2, 0) is 6.42 Å². The fraction of sp³-hybridized carbons (Fsp3) is 0.231. The van der Waals surface area contributed by atoms with E-state index in [1.165, 1.54) is 4.88 Å². The molecule has 0 aliphatic heterocycles. The smallest absolute Gasteiger partial charge is 0.119 e. The lowest BCUT2D eigenvalue weighted by atomic mass is 10.0. The Labute approximate surface area is 147 Å². The summed E-state index contributed by atoms with van der Waals surface area (Å²) in [5, 5.41) is 0. The molecule has 0 amide bonds. The molecule has 0 fully saturated rings. The summed E-state index contributed by atoms with van der Waals surface area (Å²) in [5.74, 6) is 6.55. The average Bonchev–Trinajstić information content (AvgIpc) is 2.77. The van der Waals surface area contributed by atoms with E-state index in [1.807, 2.05) is 18.2 Å². The van der Waals surface area contributed by atoms with Gasteiger partial charge in [0.25, 0.3) is 0 Å². The van der Waals surface area contributed by atoms with Crippen molar-refractivity contribution in [1.29, 1.82) is 0 Å². The molecule has 0 bridgehead atoms. The number of halogens is 3. The molecule has 1 aromatic carbocycles. The van der Waals surface area contributed by atoms with Crippen LogP contribution in [0.15, 0.2) is 37.0 Å². The molecule has 20 heavy (non-hydrogen) atoms. The highest BCUT2D eigenvalue weighted by Gasteiger charge is 2.17. The summed E-state index contributed by atoms with van der Waals surface area (Å²) >= 11 is 12.2. The molecular formula is C13H13Br3N2OS. The van der Waals surface area contributed by atoms with Gasteiger partial charge in [-0.2, -0.15) is 0 Å². The minimum atomic E-state index is 0.0472. The van der Waals surface area contributed by atoms with E-state index < -0.39 is 0 Å². The van der Waals surface area contributed by atoms with Gasteiger partial charge in [0.1, 0.15) is 5.75 Å². The normalized spacial score (nSPS) is 12.4. The van der Waals surface area contributed by atoms with E-state index in [0.717, 1.165) is 30.5 Å². The van der Waals surface area contributed by atoms with Crippen molar-refractivity contribution in [2.24, 2.45) is 5.84 Å². The lowest BCUT2D eigenvalue weighted by molar-refractivity contribution is 0.413. The summed E-state index contributed by atoms with van der Waals surface area (Å²) < 4.78 is 8.43. The zero-order valence-electron chi connectivity index (χ0n) is 10.6. The van der Waals surface area contributed by atoms with Gasteiger partial charge >= 0.3 is 0 Å². The minimum Gasteiger partial charge on any atom is -0.497 e. The van der Waals surface area contributed by atoms with Gasteiger partial charge in [-0.15, -0.1) is 11.3 Å². The molecule has 2 aromatic rings. The Morgan fingerprint density at radius 3 is 2.55 bits per heavy atom. The van der Waals surface area contributed by atoms with Crippen LogP contribution in [0.5, 0.6) is 5.75 Å². The van der Waals surface area contributed by atoms with E-state index in [0.29, 0.717) is 0 Å². The lowest BCUT2D eigenvalue weighted by Gasteiger charge is -2.16. The predicted octanol–water partition coefficient (Wildman–Crippen LogP) is 4.79. The first-order valence-electron chi connectivity index (χ1n) is 5.78. The molecule has 1 atom stereocenters. The van der Waals surface area contributed by atoms with Gasteiger partial charge in [0, 0.05) is 13.8 Å². The Morgan fingerprint density at radius 2 is 2.00 bits per heavy atom.